The Balaban J connectivity index is 1.79. The summed E-state index contributed by atoms with van der Waals surface area (Å²) in [6.45, 7) is 2.02. The maximum absolute atomic E-state index is 10.8. The Bertz CT molecular complexity index is 891. The zero-order chi connectivity index (χ0) is 17.8. The number of anilines is 2. The fourth-order valence-corrected chi connectivity index (χ4v) is 2.38. The van der Waals surface area contributed by atoms with Crippen LogP contribution in [0.25, 0.3) is 11.3 Å². The van der Waals surface area contributed by atoms with Crippen LogP contribution in [0.15, 0.2) is 54.6 Å². The highest BCUT2D eigenvalue weighted by atomic mass is 16.4. The number of nitrogens with one attached hydrogen (secondary N) is 1. The normalized spacial score (nSPS) is 10.4. The molecule has 0 aliphatic carbocycles. The molecular formula is C19H17N3O3. The van der Waals surface area contributed by atoms with Gasteiger partial charge in [0.15, 0.2) is 5.82 Å². The van der Waals surface area contributed by atoms with E-state index in [2.05, 4.69) is 15.5 Å². The van der Waals surface area contributed by atoms with E-state index in [9.17, 15) is 9.90 Å². The smallest absolute Gasteiger partial charge is 0.307 e. The molecule has 0 fully saturated rings. The predicted molar refractivity (Wildman–Crippen MR) is 94.9 cm³/mol. The van der Waals surface area contributed by atoms with Gasteiger partial charge in [0, 0.05) is 5.56 Å². The summed E-state index contributed by atoms with van der Waals surface area (Å²) in [5.74, 6) is -0.462. The molecule has 0 aliphatic heterocycles. The van der Waals surface area contributed by atoms with Gasteiger partial charge >= 0.3 is 5.97 Å². The van der Waals surface area contributed by atoms with E-state index >= 15 is 0 Å². The molecule has 2 aromatic carbocycles. The van der Waals surface area contributed by atoms with Gasteiger partial charge in [0.25, 0.3) is 0 Å². The summed E-state index contributed by atoms with van der Waals surface area (Å²) >= 11 is 0. The number of carboxylic acid groups (broad SMARTS) is 1. The monoisotopic (exact) mass is 335 g/mol. The lowest BCUT2D eigenvalue weighted by Gasteiger charge is -2.09. The lowest BCUT2D eigenvalue weighted by molar-refractivity contribution is -0.136. The molecule has 0 spiro atoms. The predicted octanol–water partition coefficient (Wildman–Crippen LogP) is 3.53. The Morgan fingerprint density at radius 1 is 1.04 bits per heavy atom. The van der Waals surface area contributed by atoms with Gasteiger partial charge in [0.05, 0.1) is 17.8 Å². The number of aromatic hydroxyl groups is 1. The summed E-state index contributed by atoms with van der Waals surface area (Å²) in [5, 5.41) is 30.1. The van der Waals surface area contributed by atoms with Crippen molar-refractivity contribution < 1.29 is 15.0 Å². The summed E-state index contributed by atoms with van der Waals surface area (Å²) in [4.78, 5) is 10.8. The van der Waals surface area contributed by atoms with E-state index in [1.165, 1.54) is 11.6 Å². The number of benzene rings is 2. The number of carboxylic acids is 1. The zero-order valence-corrected chi connectivity index (χ0v) is 13.6. The van der Waals surface area contributed by atoms with E-state index in [0.717, 1.165) is 11.3 Å². The number of hydrogen-bond acceptors (Lipinski definition) is 5. The van der Waals surface area contributed by atoms with Crippen molar-refractivity contribution in [3.05, 3.63) is 65.7 Å². The topological polar surface area (TPSA) is 95.3 Å². The number of aromatic nitrogens is 2. The van der Waals surface area contributed by atoms with Crippen LogP contribution < -0.4 is 5.32 Å². The Labute approximate surface area is 144 Å². The molecule has 1 aromatic heterocycles. The SMILES string of the molecule is Cc1ccc(-c2ccc(Nc3cc(CC(=O)O)ccc3O)nn2)cc1. The number of phenols is 1. The van der Waals surface area contributed by atoms with Crippen LogP contribution in [0.2, 0.25) is 0 Å². The third-order valence-corrected chi connectivity index (χ3v) is 3.69. The van der Waals surface area contributed by atoms with E-state index < -0.39 is 5.97 Å². The van der Waals surface area contributed by atoms with Crippen LogP contribution in [0.5, 0.6) is 5.75 Å². The molecule has 0 bridgehead atoms. The Morgan fingerprint density at radius 2 is 1.80 bits per heavy atom. The Morgan fingerprint density at radius 3 is 2.44 bits per heavy atom. The summed E-state index contributed by atoms with van der Waals surface area (Å²) in [7, 11) is 0. The highest BCUT2D eigenvalue weighted by Crippen LogP contribution is 2.27. The molecule has 0 radical (unpaired) electrons. The van der Waals surface area contributed by atoms with Crippen LogP contribution in [0.1, 0.15) is 11.1 Å². The van der Waals surface area contributed by atoms with Crippen LogP contribution in [0.4, 0.5) is 11.5 Å². The summed E-state index contributed by atoms with van der Waals surface area (Å²) in [5.41, 5.74) is 3.85. The first kappa shape index (κ1) is 16.4. The summed E-state index contributed by atoms with van der Waals surface area (Å²) < 4.78 is 0. The molecule has 0 amide bonds. The van der Waals surface area contributed by atoms with E-state index in [1.807, 2.05) is 37.3 Å². The fourth-order valence-electron chi connectivity index (χ4n) is 2.38. The van der Waals surface area contributed by atoms with Crippen molar-refractivity contribution >= 4 is 17.5 Å². The number of aliphatic carboxylic acids is 1. The fraction of sp³-hybridized carbons (Fsp3) is 0.105. The third kappa shape index (κ3) is 4.11. The average molecular weight is 335 g/mol. The number of carbonyl (C=O) groups is 1. The first-order valence-corrected chi connectivity index (χ1v) is 7.73. The Kier molecular flexibility index (Phi) is 4.61. The second-order valence-electron chi connectivity index (χ2n) is 5.72. The van der Waals surface area contributed by atoms with Crippen molar-refractivity contribution in [2.75, 3.05) is 5.32 Å². The van der Waals surface area contributed by atoms with Crippen molar-refractivity contribution in [2.24, 2.45) is 0 Å². The molecule has 6 nitrogen and oxygen atoms in total. The van der Waals surface area contributed by atoms with Gasteiger partial charge in [-0.1, -0.05) is 35.9 Å². The maximum Gasteiger partial charge on any atom is 0.307 e. The minimum atomic E-state index is -0.932. The summed E-state index contributed by atoms with van der Waals surface area (Å²) in [6.07, 6.45) is -0.118. The molecule has 0 unspecified atom stereocenters. The minimum Gasteiger partial charge on any atom is -0.506 e. The second kappa shape index (κ2) is 7.00. The highest BCUT2D eigenvalue weighted by Gasteiger charge is 2.08. The number of nitrogens with zero attached hydrogens (tertiary/aromatic N) is 2. The largest absolute Gasteiger partial charge is 0.506 e. The first-order chi connectivity index (χ1) is 12.0. The van der Waals surface area contributed by atoms with Crippen molar-refractivity contribution in [2.45, 2.75) is 13.3 Å². The molecule has 6 heteroatoms. The number of rotatable bonds is 5. The van der Waals surface area contributed by atoms with Gasteiger partial charge in [-0.2, -0.15) is 0 Å². The van der Waals surface area contributed by atoms with Gasteiger partial charge in [-0.3, -0.25) is 4.79 Å². The molecule has 25 heavy (non-hydrogen) atoms. The second-order valence-corrected chi connectivity index (χ2v) is 5.72. The van der Waals surface area contributed by atoms with E-state index in [-0.39, 0.29) is 12.2 Å². The van der Waals surface area contributed by atoms with Crippen molar-refractivity contribution in [1.29, 1.82) is 0 Å². The van der Waals surface area contributed by atoms with Crippen LogP contribution in [0.3, 0.4) is 0 Å². The van der Waals surface area contributed by atoms with E-state index in [4.69, 9.17) is 5.11 Å². The van der Waals surface area contributed by atoms with Crippen molar-refractivity contribution in [3.8, 4) is 17.0 Å². The number of phenolic OH excluding ortho intramolecular Hbond substituents is 1. The van der Waals surface area contributed by atoms with Crippen LogP contribution in [-0.4, -0.2) is 26.4 Å². The quantitative estimate of drug-likeness (QED) is 0.617. The molecule has 126 valence electrons. The number of hydrogen-bond donors (Lipinski definition) is 3. The van der Waals surface area contributed by atoms with Crippen molar-refractivity contribution in [3.63, 3.8) is 0 Å². The van der Waals surface area contributed by atoms with Crippen LogP contribution in [-0.2, 0) is 11.2 Å². The van der Waals surface area contributed by atoms with Gasteiger partial charge in [-0.15, -0.1) is 10.2 Å². The van der Waals surface area contributed by atoms with Crippen LogP contribution in [0, 0.1) is 6.92 Å². The molecule has 3 N–H and O–H groups in total. The molecule has 0 aliphatic rings. The molecule has 3 rings (SSSR count). The molecule has 3 aromatic rings. The lowest BCUT2D eigenvalue weighted by atomic mass is 10.1. The zero-order valence-electron chi connectivity index (χ0n) is 13.6. The molecule has 0 saturated heterocycles. The average Bonchev–Trinajstić information content (AvgIpc) is 2.59. The van der Waals surface area contributed by atoms with Crippen LogP contribution >= 0.6 is 0 Å². The number of aryl methyl sites for hydroxylation is 1. The molecule has 1 heterocycles. The third-order valence-electron chi connectivity index (χ3n) is 3.69. The van der Waals surface area contributed by atoms with E-state index in [0.29, 0.717) is 17.1 Å². The maximum atomic E-state index is 10.8. The molecular weight excluding hydrogens is 318 g/mol. The molecule has 0 atom stereocenters. The highest BCUT2D eigenvalue weighted by molar-refractivity contribution is 5.72. The van der Waals surface area contributed by atoms with Gasteiger partial charge in [0.1, 0.15) is 5.75 Å². The van der Waals surface area contributed by atoms with Gasteiger partial charge in [-0.25, -0.2) is 0 Å². The lowest BCUT2D eigenvalue weighted by Crippen LogP contribution is -2.01. The van der Waals surface area contributed by atoms with Gasteiger partial charge in [0.2, 0.25) is 0 Å². The van der Waals surface area contributed by atoms with Gasteiger partial charge < -0.3 is 15.5 Å². The Hall–Kier alpha value is -3.41. The minimum absolute atomic E-state index is 0.0125. The van der Waals surface area contributed by atoms with E-state index in [1.54, 1.807) is 18.2 Å². The molecule has 0 saturated carbocycles. The standard InChI is InChI=1S/C19H17N3O3/c1-12-2-5-14(6-3-12)15-7-9-18(22-21-15)20-16-10-13(11-19(24)25)4-8-17(16)23/h2-10,23H,11H2,1H3,(H,20,22)(H,24,25). The van der Waals surface area contributed by atoms with Gasteiger partial charge in [-0.05, 0) is 36.8 Å². The summed E-state index contributed by atoms with van der Waals surface area (Å²) in [6, 6.07) is 16.2. The first-order valence-electron chi connectivity index (χ1n) is 7.73. The van der Waals surface area contributed by atoms with Crippen molar-refractivity contribution in [1.82, 2.24) is 10.2 Å².